The minimum absolute atomic E-state index is 0.0584. The highest BCUT2D eigenvalue weighted by atomic mass is 16.3. The monoisotopic (exact) mass is 170 g/mol. The van der Waals surface area contributed by atoms with Gasteiger partial charge in [-0.3, -0.25) is 0 Å². The van der Waals surface area contributed by atoms with Gasteiger partial charge in [0.25, 0.3) is 0 Å². The highest BCUT2D eigenvalue weighted by molar-refractivity contribution is 5.14. The Labute approximate surface area is 73.6 Å². The molecular formula is C10H18O2. The van der Waals surface area contributed by atoms with E-state index in [4.69, 9.17) is 0 Å². The zero-order valence-electron chi connectivity index (χ0n) is 8.04. The van der Waals surface area contributed by atoms with Crippen LogP contribution in [0, 0.1) is 16.7 Å². The molecule has 2 aliphatic carbocycles. The Morgan fingerprint density at radius 3 is 2.00 bits per heavy atom. The molecule has 0 saturated heterocycles. The second-order valence-corrected chi connectivity index (χ2v) is 5.22. The van der Waals surface area contributed by atoms with Crippen LogP contribution in [-0.2, 0) is 0 Å². The Balaban J connectivity index is 2.44. The predicted molar refractivity (Wildman–Crippen MR) is 46.6 cm³/mol. The van der Waals surface area contributed by atoms with Crippen LogP contribution in [-0.4, -0.2) is 22.4 Å². The van der Waals surface area contributed by atoms with Crippen molar-refractivity contribution in [3.8, 4) is 0 Å². The summed E-state index contributed by atoms with van der Waals surface area (Å²) in [5.74, 6) is 0.303. The second kappa shape index (κ2) is 2.05. The first kappa shape index (κ1) is 8.52. The average Bonchev–Trinajstić information content (AvgIpc) is 2.26. The molecule has 2 rings (SSSR count). The molecule has 0 aliphatic heterocycles. The van der Waals surface area contributed by atoms with Gasteiger partial charge in [-0.25, -0.2) is 0 Å². The lowest BCUT2D eigenvalue weighted by Gasteiger charge is -2.36. The molecule has 2 aliphatic rings. The van der Waals surface area contributed by atoms with Crippen LogP contribution < -0.4 is 0 Å². The van der Waals surface area contributed by atoms with Gasteiger partial charge in [0.15, 0.2) is 0 Å². The van der Waals surface area contributed by atoms with Gasteiger partial charge < -0.3 is 10.2 Å². The molecule has 4 atom stereocenters. The molecular weight excluding hydrogens is 152 g/mol. The maximum Gasteiger partial charge on any atom is 0.0860 e. The molecule has 0 aromatic heterocycles. The van der Waals surface area contributed by atoms with Crippen molar-refractivity contribution in [1.82, 2.24) is 0 Å². The summed E-state index contributed by atoms with van der Waals surface area (Å²) in [5, 5.41) is 19.6. The summed E-state index contributed by atoms with van der Waals surface area (Å²) in [4.78, 5) is 0. The summed E-state index contributed by atoms with van der Waals surface area (Å²) in [6, 6.07) is 0. The van der Waals surface area contributed by atoms with Crippen molar-refractivity contribution in [2.75, 3.05) is 0 Å². The van der Waals surface area contributed by atoms with Crippen molar-refractivity contribution < 1.29 is 10.2 Å². The molecule has 12 heavy (non-hydrogen) atoms. The maximum absolute atomic E-state index is 9.83. The van der Waals surface area contributed by atoms with Gasteiger partial charge in [-0.05, 0) is 24.2 Å². The van der Waals surface area contributed by atoms with E-state index in [2.05, 4.69) is 20.8 Å². The Bertz CT molecular complexity index is 212. The second-order valence-electron chi connectivity index (χ2n) is 5.22. The molecule has 0 heterocycles. The summed E-state index contributed by atoms with van der Waals surface area (Å²) < 4.78 is 0. The van der Waals surface area contributed by atoms with Crippen LogP contribution in [0.2, 0.25) is 0 Å². The number of fused-ring (bicyclic) bond motifs is 2. The normalized spacial score (nSPS) is 56.2. The van der Waals surface area contributed by atoms with Gasteiger partial charge in [0, 0.05) is 5.41 Å². The quantitative estimate of drug-likeness (QED) is 0.573. The first-order valence-electron chi connectivity index (χ1n) is 4.77. The molecule has 0 aromatic rings. The number of aliphatic hydroxyl groups is 2. The smallest absolute Gasteiger partial charge is 0.0860 e. The van der Waals surface area contributed by atoms with Crippen molar-refractivity contribution in [1.29, 1.82) is 0 Å². The lowest BCUT2D eigenvalue weighted by molar-refractivity contribution is -0.0508. The SMILES string of the molecule is CC1(C)[C@H]2CC[C@@]1(C)[C@H](O)[C@@H]2O. The van der Waals surface area contributed by atoms with Gasteiger partial charge in [0.2, 0.25) is 0 Å². The molecule has 70 valence electrons. The van der Waals surface area contributed by atoms with Crippen LogP contribution in [0.1, 0.15) is 33.6 Å². The Morgan fingerprint density at radius 1 is 1.17 bits per heavy atom. The van der Waals surface area contributed by atoms with Gasteiger partial charge in [-0.2, -0.15) is 0 Å². The zero-order chi connectivity index (χ0) is 9.15. The van der Waals surface area contributed by atoms with Crippen LogP contribution >= 0.6 is 0 Å². The van der Waals surface area contributed by atoms with Crippen LogP contribution in [0.15, 0.2) is 0 Å². The van der Waals surface area contributed by atoms with Crippen molar-refractivity contribution in [2.45, 2.75) is 45.8 Å². The van der Waals surface area contributed by atoms with Gasteiger partial charge >= 0.3 is 0 Å². The van der Waals surface area contributed by atoms with Crippen molar-refractivity contribution in [2.24, 2.45) is 16.7 Å². The Hall–Kier alpha value is -0.0800. The summed E-state index contributed by atoms with van der Waals surface area (Å²) in [5.41, 5.74) is 0.0446. The minimum Gasteiger partial charge on any atom is -0.390 e. The molecule has 2 N–H and O–H groups in total. The third-order valence-electron chi connectivity index (χ3n) is 4.76. The molecule has 0 amide bonds. The Kier molecular flexibility index (Phi) is 1.45. The van der Waals surface area contributed by atoms with E-state index in [1.54, 1.807) is 0 Å². The molecule has 0 aromatic carbocycles. The average molecular weight is 170 g/mol. The van der Waals surface area contributed by atoms with Crippen LogP contribution in [0.5, 0.6) is 0 Å². The molecule has 0 radical (unpaired) electrons. The lowest BCUT2D eigenvalue weighted by atomic mass is 9.70. The zero-order valence-corrected chi connectivity index (χ0v) is 8.04. The molecule has 0 spiro atoms. The number of rotatable bonds is 0. The standard InChI is InChI=1S/C10H18O2/c1-9(2)6-4-5-10(9,3)8(12)7(6)11/h6-8,11-12H,4-5H2,1-3H3/t6-,7+,8+,10-/m0/s1. The third-order valence-corrected chi connectivity index (χ3v) is 4.76. The highest BCUT2D eigenvalue weighted by Crippen LogP contribution is 2.65. The van der Waals surface area contributed by atoms with Crippen LogP contribution in [0.3, 0.4) is 0 Å². The third kappa shape index (κ3) is 0.647. The van der Waals surface area contributed by atoms with E-state index in [1.165, 1.54) is 0 Å². The van der Waals surface area contributed by atoms with Gasteiger partial charge in [0.1, 0.15) is 0 Å². The fourth-order valence-electron chi connectivity index (χ4n) is 3.29. The number of aliphatic hydroxyl groups excluding tert-OH is 2. The van der Waals surface area contributed by atoms with Gasteiger partial charge in [-0.15, -0.1) is 0 Å². The topological polar surface area (TPSA) is 40.5 Å². The first-order chi connectivity index (χ1) is 5.41. The van der Waals surface area contributed by atoms with Gasteiger partial charge in [-0.1, -0.05) is 20.8 Å². The Morgan fingerprint density at radius 2 is 1.75 bits per heavy atom. The van der Waals surface area contributed by atoms with E-state index in [-0.39, 0.29) is 10.8 Å². The highest BCUT2D eigenvalue weighted by Gasteiger charge is 2.65. The summed E-state index contributed by atoms with van der Waals surface area (Å²) in [7, 11) is 0. The lowest BCUT2D eigenvalue weighted by Crippen LogP contribution is -2.39. The molecule has 2 nitrogen and oxygen atoms in total. The number of hydrogen-bond acceptors (Lipinski definition) is 2. The first-order valence-corrected chi connectivity index (χ1v) is 4.77. The van der Waals surface area contributed by atoms with E-state index in [0.29, 0.717) is 5.92 Å². The van der Waals surface area contributed by atoms with Crippen molar-refractivity contribution in [3.63, 3.8) is 0 Å². The van der Waals surface area contributed by atoms with Crippen LogP contribution in [0.4, 0.5) is 0 Å². The molecule has 2 fully saturated rings. The van der Waals surface area contributed by atoms with E-state index in [0.717, 1.165) is 12.8 Å². The number of hydrogen-bond donors (Lipinski definition) is 2. The molecule has 2 saturated carbocycles. The molecule has 0 unspecified atom stereocenters. The largest absolute Gasteiger partial charge is 0.390 e. The van der Waals surface area contributed by atoms with Crippen molar-refractivity contribution >= 4 is 0 Å². The summed E-state index contributed by atoms with van der Waals surface area (Å²) in [6.07, 6.45) is 1.13. The van der Waals surface area contributed by atoms with E-state index in [9.17, 15) is 10.2 Å². The van der Waals surface area contributed by atoms with Crippen LogP contribution in [0.25, 0.3) is 0 Å². The minimum atomic E-state index is -0.508. The predicted octanol–water partition coefficient (Wildman–Crippen LogP) is 1.16. The molecule has 2 bridgehead atoms. The fraction of sp³-hybridized carbons (Fsp3) is 1.00. The molecule has 2 heteroatoms. The fourth-order valence-corrected chi connectivity index (χ4v) is 3.29. The van der Waals surface area contributed by atoms with E-state index in [1.807, 2.05) is 0 Å². The summed E-state index contributed by atoms with van der Waals surface area (Å²) in [6.45, 7) is 6.45. The van der Waals surface area contributed by atoms with E-state index < -0.39 is 12.2 Å². The van der Waals surface area contributed by atoms with Gasteiger partial charge in [0.05, 0.1) is 12.2 Å². The summed E-state index contributed by atoms with van der Waals surface area (Å²) >= 11 is 0. The van der Waals surface area contributed by atoms with E-state index >= 15 is 0 Å². The maximum atomic E-state index is 9.83. The van der Waals surface area contributed by atoms with Crippen molar-refractivity contribution in [3.05, 3.63) is 0 Å².